The highest BCUT2D eigenvalue weighted by atomic mass is 16.5. The molecule has 0 spiro atoms. The van der Waals surface area contributed by atoms with Crippen LogP contribution in [0.4, 0.5) is 0 Å². The van der Waals surface area contributed by atoms with E-state index in [-0.39, 0.29) is 19.1 Å². The number of amides is 1. The second kappa shape index (κ2) is 8.34. The first-order chi connectivity index (χ1) is 11.1. The van der Waals surface area contributed by atoms with Crippen molar-refractivity contribution < 1.29 is 14.6 Å². The van der Waals surface area contributed by atoms with Crippen molar-refractivity contribution in [3.63, 3.8) is 0 Å². The maximum atomic E-state index is 12.0. The van der Waals surface area contributed by atoms with E-state index < -0.39 is 6.04 Å². The van der Waals surface area contributed by atoms with Crippen molar-refractivity contribution in [2.24, 2.45) is 0 Å². The zero-order chi connectivity index (χ0) is 16.7. The van der Waals surface area contributed by atoms with Gasteiger partial charge in [-0.05, 0) is 29.2 Å². The highest BCUT2D eigenvalue weighted by Crippen LogP contribution is 2.18. The predicted molar refractivity (Wildman–Crippen MR) is 90.4 cm³/mol. The Kier molecular flexibility index (Phi) is 6.18. The molecule has 1 unspecified atom stereocenters. The highest BCUT2D eigenvalue weighted by Gasteiger charge is 2.13. The molecule has 0 aliphatic heterocycles. The molecule has 2 N–H and O–H groups in total. The Hall–Kier alpha value is -2.33. The van der Waals surface area contributed by atoms with Crippen molar-refractivity contribution in [2.45, 2.75) is 25.8 Å². The lowest BCUT2D eigenvalue weighted by Crippen LogP contribution is -2.34. The first kappa shape index (κ1) is 17.0. The molecule has 0 aromatic heterocycles. The lowest BCUT2D eigenvalue weighted by Gasteiger charge is -2.17. The van der Waals surface area contributed by atoms with Gasteiger partial charge in [0.1, 0.15) is 5.75 Å². The number of hydrogen-bond donors (Lipinski definition) is 2. The minimum atomic E-state index is -0.421. The van der Waals surface area contributed by atoms with Crippen LogP contribution in [-0.4, -0.2) is 24.2 Å². The molecule has 0 bridgehead atoms. The molecule has 0 saturated carbocycles. The smallest absolute Gasteiger partial charge is 0.258 e. The molecule has 4 nitrogen and oxygen atoms in total. The third kappa shape index (κ3) is 5.11. The normalized spacial score (nSPS) is 12.0. The van der Waals surface area contributed by atoms with E-state index in [1.54, 1.807) is 0 Å². The number of benzene rings is 2. The van der Waals surface area contributed by atoms with Crippen LogP contribution in [0.15, 0.2) is 54.6 Å². The van der Waals surface area contributed by atoms with Crippen molar-refractivity contribution in [3.8, 4) is 5.75 Å². The standard InChI is InChI=1S/C19H23NO3/c1-14(2)15-8-10-17(11-9-15)23-13-19(22)20-18(12-21)16-6-4-3-5-7-16/h3-11,14,18,21H,12-13H2,1-2H3,(H,20,22). The summed E-state index contributed by atoms with van der Waals surface area (Å²) in [5.74, 6) is 0.856. The third-order valence-corrected chi connectivity index (χ3v) is 3.64. The Labute approximate surface area is 137 Å². The number of rotatable bonds is 7. The molecule has 1 amide bonds. The summed E-state index contributed by atoms with van der Waals surface area (Å²) in [6, 6.07) is 16.7. The van der Waals surface area contributed by atoms with Gasteiger partial charge in [0.2, 0.25) is 0 Å². The van der Waals surface area contributed by atoms with Crippen LogP contribution in [0.1, 0.15) is 36.9 Å². The number of aliphatic hydroxyl groups is 1. The van der Waals surface area contributed by atoms with Gasteiger partial charge < -0.3 is 15.2 Å². The zero-order valence-electron chi connectivity index (χ0n) is 13.5. The molecule has 2 aromatic carbocycles. The molecule has 0 heterocycles. The quantitative estimate of drug-likeness (QED) is 0.826. The summed E-state index contributed by atoms with van der Waals surface area (Å²) in [5, 5.41) is 12.2. The highest BCUT2D eigenvalue weighted by molar-refractivity contribution is 5.78. The van der Waals surface area contributed by atoms with Gasteiger partial charge in [0.05, 0.1) is 12.6 Å². The number of aliphatic hydroxyl groups excluding tert-OH is 1. The summed E-state index contributed by atoms with van der Waals surface area (Å²) in [4.78, 5) is 12.0. The molecule has 0 aliphatic carbocycles. The zero-order valence-corrected chi connectivity index (χ0v) is 13.5. The number of ether oxygens (including phenoxy) is 1. The van der Waals surface area contributed by atoms with Crippen molar-refractivity contribution in [1.29, 1.82) is 0 Å². The lowest BCUT2D eigenvalue weighted by atomic mass is 10.0. The molecule has 2 aromatic rings. The van der Waals surface area contributed by atoms with Gasteiger partial charge in [0.15, 0.2) is 6.61 Å². The first-order valence-corrected chi connectivity index (χ1v) is 7.78. The van der Waals surface area contributed by atoms with Gasteiger partial charge in [-0.3, -0.25) is 4.79 Å². The summed E-state index contributed by atoms with van der Waals surface area (Å²) >= 11 is 0. The lowest BCUT2D eigenvalue weighted by molar-refractivity contribution is -0.124. The van der Waals surface area contributed by atoms with E-state index in [4.69, 9.17) is 4.74 Å². The van der Waals surface area contributed by atoms with Crippen LogP contribution in [-0.2, 0) is 4.79 Å². The van der Waals surface area contributed by atoms with Crippen molar-refractivity contribution >= 4 is 5.91 Å². The largest absolute Gasteiger partial charge is 0.484 e. The number of carbonyl (C=O) groups excluding carboxylic acids is 1. The van der Waals surface area contributed by atoms with E-state index in [0.29, 0.717) is 11.7 Å². The molecule has 122 valence electrons. The molecule has 0 aliphatic rings. The van der Waals surface area contributed by atoms with Gasteiger partial charge in [0, 0.05) is 0 Å². The summed E-state index contributed by atoms with van der Waals surface area (Å²) in [5.41, 5.74) is 2.09. The summed E-state index contributed by atoms with van der Waals surface area (Å²) in [6.45, 7) is 4.02. The minimum Gasteiger partial charge on any atom is -0.484 e. The summed E-state index contributed by atoms with van der Waals surface area (Å²) in [7, 11) is 0. The van der Waals surface area contributed by atoms with Gasteiger partial charge in [-0.25, -0.2) is 0 Å². The SMILES string of the molecule is CC(C)c1ccc(OCC(=O)NC(CO)c2ccccc2)cc1. The Morgan fingerprint density at radius 2 is 1.70 bits per heavy atom. The van der Waals surface area contributed by atoms with Crippen molar-refractivity contribution in [2.75, 3.05) is 13.2 Å². The summed E-state index contributed by atoms with van der Waals surface area (Å²) < 4.78 is 5.49. The fraction of sp³-hybridized carbons (Fsp3) is 0.316. The van der Waals surface area contributed by atoms with Crippen LogP contribution < -0.4 is 10.1 Å². The molecular weight excluding hydrogens is 290 g/mol. The monoisotopic (exact) mass is 313 g/mol. The third-order valence-electron chi connectivity index (χ3n) is 3.64. The maximum absolute atomic E-state index is 12.0. The Balaban J connectivity index is 1.86. The van der Waals surface area contributed by atoms with Crippen molar-refractivity contribution in [1.82, 2.24) is 5.32 Å². The van der Waals surface area contributed by atoms with E-state index >= 15 is 0 Å². The topological polar surface area (TPSA) is 58.6 Å². The number of hydrogen-bond acceptors (Lipinski definition) is 3. The second-order valence-electron chi connectivity index (χ2n) is 5.73. The fourth-order valence-electron chi connectivity index (χ4n) is 2.25. The average molecular weight is 313 g/mol. The maximum Gasteiger partial charge on any atom is 0.258 e. The fourth-order valence-corrected chi connectivity index (χ4v) is 2.25. The Morgan fingerprint density at radius 1 is 1.04 bits per heavy atom. The van der Waals surface area contributed by atoms with Crippen LogP contribution in [0.25, 0.3) is 0 Å². The van der Waals surface area contributed by atoms with Crippen LogP contribution in [0.5, 0.6) is 5.75 Å². The van der Waals surface area contributed by atoms with E-state index in [0.717, 1.165) is 5.56 Å². The van der Waals surface area contributed by atoms with Crippen LogP contribution in [0.3, 0.4) is 0 Å². The van der Waals surface area contributed by atoms with E-state index in [9.17, 15) is 9.90 Å². The second-order valence-corrected chi connectivity index (χ2v) is 5.73. The van der Waals surface area contributed by atoms with Crippen LogP contribution >= 0.6 is 0 Å². The molecular formula is C19H23NO3. The number of carbonyl (C=O) groups is 1. The molecule has 2 rings (SSSR count). The van der Waals surface area contributed by atoms with Crippen LogP contribution in [0, 0.1) is 0 Å². The Bertz CT molecular complexity index is 608. The van der Waals surface area contributed by atoms with Gasteiger partial charge in [0.25, 0.3) is 5.91 Å². The van der Waals surface area contributed by atoms with E-state index in [1.807, 2.05) is 54.6 Å². The van der Waals surface area contributed by atoms with E-state index in [1.165, 1.54) is 5.56 Å². The summed E-state index contributed by atoms with van der Waals surface area (Å²) in [6.07, 6.45) is 0. The van der Waals surface area contributed by atoms with Gasteiger partial charge in [-0.2, -0.15) is 0 Å². The van der Waals surface area contributed by atoms with E-state index in [2.05, 4.69) is 19.2 Å². The van der Waals surface area contributed by atoms with Gasteiger partial charge in [-0.15, -0.1) is 0 Å². The Morgan fingerprint density at radius 3 is 2.26 bits per heavy atom. The number of nitrogens with one attached hydrogen (secondary N) is 1. The van der Waals surface area contributed by atoms with Gasteiger partial charge >= 0.3 is 0 Å². The molecule has 0 radical (unpaired) electrons. The molecule has 0 fully saturated rings. The minimum absolute atomic E-state index is 0.0790. The molecule has 23 heavy (non-hydrogen) atoms. The van der Waals surface area contributed by atoms with Crippen LogP contribution in [0.2, 0.25) is 0 Å². The average Bonchev–Trinajstić information content (AvgIpc) is 2.59. The molecule has 4 heteroatoms. The molecule has 0 saturated heterocycles. The first-order valence-electron chi connectivity index (χ1n) is 7.78. The predicted octanol–water partition coefficient (Wildman–Crippen LogP) is 3.04. The van der Waals surface area contributed by atoms with Gasteiger partial charge in [-0.1, -0.05) is 56.3 Å². The van der Waals surface area contributed by atoms with Crippen molar-refractivity contribution in [3.05, 3.63) is 65.7 Å². The molecule has 1 atom stereocenters.